The Kier molecular flexibility index (Phi) is 4.77. The van der Waals surface area contributed by atoms with Crippen LogP contribution in [0.4, 0.5) is 0 Å². The number of rotatable bonds is 5. The molecule has 0 aliphatic heterocycles. The topological polar surface area (TPSA) is 52.0 Å². The third-order valence-electron chi connectivity index (χ3n) is 3.42. The fraction of sp³-hybridized carbons (Fsp3) is 0.429. The molecule has 0 spiro atoms. The molecule has 0 aliphatic rings. The van der Waals surface area contributed by atoms with Gasteiger partial charge in [-0.3, -0.25) is 9.67 Å². The van der Waals surface area contributed by atoms with Crippen LogP contribution in [0.3, 0.4) is 0 Å². The van der Waals surface area contributed by atoms with Crippen LogP contribution in [0.15, 0.2) is 22.9 Å². The normalized spacial score (nSPS) is 12.4. The van der Waals surface area contributed by atoms with E-state index in [0.717, 1.165) is 33.6 Å². The Bertz CT molecular complexity index is 597. The number of aromatic nitrogens is 3. The molecule has 20 heavy (non-hydrogen) atoms. The van der Waals surface area contributed by atoms with Gasteiger partial charge in [0.25, 0.3) is 0 Å². The lowest BCUT2D eigenvalue weighted by Crippen LogP contribution is -2.21. The van der Waals surface area contributed by atoms with Crippen molar-refractivity contribution in [2.45, 2.75) is 19.4 Å². The maximum absolute atomic E-state index is 5.39. The molecule has 0 saturated heterocycles. The molecule has 1 unspecified atom stereocenters. The van der Waals surface area contributed by atoms with Crippen molar-refractivity contribution in [2.75, 3.05) is 14.2 Å². The molecule has 0 fully saturated rings. The van der Waals surface area contributed by atoms with Gasteiger partial charge in [-0.25, -0.2) is 0 Å². The van der Waals surface area contributed by atoms with Gasteiger partial charge in [0.1, 0.15) is 5.75 Å². The number of halogens is 1. The van der Waals surface area contributed by atoms with Crippen molar-refractivity contribution >= 4 is 15.9 Å². The third kappa shape index (κ3) is 2.86. The van der Waals surface area contributed by atoms with Gasteiger partial charge in [0.15, 0.2) is 0 Å². The van der Waals surface area contributed by atoms with E-state index in [1.54, 1.807) is 19.5 Å². The zero-order valence-electron chi connectivity index (χ0n) is 12.1. The summed E-state index contributed by atoms with van der Waals surface area (Å²) in [7, 11) is 5.57. The van der Waals surface area contributed by atoms with E-state index in [1.165, 1.54) is 0 Å². The molecule has 2 aromatic rings. The molecular weight excluding hydrogens is 320 g/mol. The number of likely N-dealkylation sites (N-methyl/N-ethyl adjacent to an activating group) is 1. The highest BCUT2D eigenvalue weighted by Crippen LogP contribution is 2.29. The summed E-state index contributed by atoms with van der Waals surface area (Å²) in [4.78, 5) is 4.10. The molecule has 0 aromatic carbocycles. The van der Waals surface area contributed by atoms with E-state index in [0.29, 0.717) is 0 Å². The van der Waals surface area contributed by atoms with Gasteiger partial charge in [-0.1, -0.05) is 0 Å². The summed E-state index contributed by atoms with van der Waals surface area (Å²) in [5.41, 5.74) is 3.25. The van der Waals surface area contributed by atoms with Crippen molar-refractivity contribution in [1.82, 2.24) is 20.1 Å². The highest BCUT2D eigenvalue weighted by atomic mass is 79.9. The molecule has 1 N–H and O–H groups in total. The Hall–Kier alpha value is -1.40. The van der Waals surface area contributed by atoms with Gasteiger partial charge in [-0.2, -0.15) is 5.10 Å². The summed E-state index contributed by atoms with van der Waals surface area (Å²) in [6, 6.07) is 2.12. The summed E-state index contributed by atoms with van der Waals surface area (Å²) in [6.45, 7) is 2.00. The minimum absolute atomic E-state index is 0.138. The molecule has 1 atom stereocenters. The fourth-order valence-corrected chi connectivity index (χ4v) is 2.81. The molecule has 0 saturated carbocycles. The lowest BCUT2D eigenvalue weighted by molar-refractivity contribution is 0.398. The van der Waals surface area contributed by atoms with Gasteiger partial charge in [0, 0.05) is 31.3 Å². The molecular formula is C14H19BrN4O. The van der Waals surface area contributed by atoms with Crippen LogP contribution in [0.1, 0.15) is 23.0 Å². The Labute approximate surface area is 127 Å². The highest BCUT2D eigenvalue weighted by Gasteiger charge is 2.19. The number of hydrogen-bond acceptors (Lipinski definition) is 4. The largest absolute Gasteiger partial charge is 0.495 e. The minimum Gasteiger partial charge on any atom is -0.495 e. The van der Waals surface area contributed by atoms with E-state index in [4.69, 9.17) is 4.74 Å². The number of ether oxygens (including phenoxy) is 1. The first-order valence-corrected chi connectivity index (χ1v) is 7.21. The fourth-order valence-electron chi connectivity index (χ4n) is 2.31. The van der Waals surface area contributed by atoms with Crippen molar-refractivity contribution < 1.29 is 4.74 Å². The van der Waals surface area contributed by atoms with E-state index in [2.05, 4.69) is 31.3 Å². The Morgan fingerprint density at radius 2 is 2.25 bits per heavy atom. The first-order chi connectivity index (χ1) is 9.58. The molecule has 0 aliphatic carbocycles. The van der Waals surface area contributed by atoms with E-state index in [1.807, 2.05) is 31.8 Å². The quantitative estimate of drug-likeness (QED) is 0.909. The molecule has 2 heterocycles. The number of aryl methyl sites for hydroxylation is 2. The summed E-state index contributed by atoms with van der Waals surface area (Å²) in [5.74, 6) is 0.793. The molecule has 108 valence electrons. The Balaban J connectivity index is 2.34. The smallest absolute Gasteiger partial charge is 0.141 e. The standard InChI is InChI=1S/C14H19BrN4O/c1-9-14(15)12(19(3)18-9)7-11(16-2)10-5-6-17-8-13(10)20-4/h5-6,8,11,16H,7H2,1-4H3. The maximum atomic E-state index is 5.39. The second kappa shape index (κ2) is 6.37. The summed E-state index contributed by atoms with van der Waals surface area (Å²) in [5, 5.41) is 7.77. The monoisotopic (exact) mass is 338 g/mol. The van der Waals surface area contributed by atoms with Gasteiger partial charge < -0.3 is 10.1 Å². The summed E-state index contributed by atoms with van der Waals surface area (Å²) in [6.07, 6.45) is 4.34. The average molecular weight is 339 g/mol. The molecule has 6 heteroatoms. The van der Waals surface area contributed by atoms with Crippen LogP contribution in [0.2, 0.25) is 0 Å². The zero-order valence-corrected chi connectivity index (χ0v) is 13.7. The van der Waals surface area contributed by atoms with Gasteiger partial charge in [-0.05, 0) is 36.0 Å². The van der Waals surface area contributed by atoms with Crippen molar-refractivity contribution in [3.63, 3.8) is 0 Å². The van der Waals surface area contributed by atoms with Crippen LogP contribution in [0, 0.1) is 6.92 Å². The third-order valence-corrected chi connectivity index (χ3v) is 4.45. The van der Waals surface area contributed by atoms with Crippen LogP contribution >= 0.6 is 15.9 Å². The number of nitrogens with zero attached hydrogens (tertiary/aromatic N) is 3. The SMILES string of the molecule is CNC(Cc1c(Br)c(C)nn1C)c1ccncc1OC. The number of methoxy groups -OCH3 is 1. The molecule has 2 rings (SSSR count). The number of hydrogen-bond donors (Lipinski definition) is 1. The first-order valence-electron chi connectivity index (χ1n) is 6.41. The Morgan fingerprint density at radius 1 is 1.50 bits per heavy atom. The minimum atomic E-state index is 0.138. The van der Waals surface area contributed by atoms with Crippen molar-refractivity contribution in [2.24, 2.45) is 7.05 Å². The van der Waals surface area contributed by atoms with Gasteiger partial charge in [0.2, 0.25) is 0 Å². The predicted molar refractivity (Wildman–Crippen MR) is 81.9 cm³/mol. The van der Waals surface area contributed by atoms with Crippen molar-refractivity contribution in [3.05, 3.63) is 39.9 Å². The molecule has 0 amide bonds. The van der Waals surface area contributed by atoms with Crippen LogP contribution in [0.25, 0.3) is 0 Å². The van der Waals surface area contributed by atoms with Crippen LogP contribution < -0.4 is 10.1 Å². The first kappa shape index (κ1) is 15.0. The predicted octanol–water partition coefficient (Wildman–Crippen LogP) is 2.40. The molecule has 2 aromatic heterocycles. The number of nitrogens with one attached hydrogen (secondary N) is 1. The zero-order chi connectivity index (χ0) is 14.7. The van der Waals surface area contributed by atoms with Crippen LogP contribution in [0.5, 0.6) is 5.75 Å². The summed E-state index contributed by atoms with van der Waals surface area (Å²) < 4.78 is 8.37. The molecule has 0 bridgehead atoms. The van der Waals surface area contributed by atoms with E-state index >= 15 is 0 Å². The van der Waals surface area contributed by atoms with Crippen LogP contribution in [-0.2, 0) is 13.5 Å². The average Bonchev–Trinajstić information content (AvgIpc) is 2.70. The van der Waals surface area contributed by atoms with E-state index in [-0.39, 0.29) is 6.04 Å². The second-order valence-corrected chi connectivity index (χ2v) is 5.43. The van der Waals surface area contributed by atoms with Gasteiger partial charge in [-0.15, -0.1) is 0 Å². The van der Waals surface area contributed by atoms with Crippen LogP contribution in [-0.4, -0.2) is 28.9 Å². The Morgan fingerprint density at radius 3 is 2.80 bits per heavy atom. The number of pyridine rings is 1. The van der Waals surface area contributed by atoms with Crippen molar-refractivity contribution in [3.8, 4) is 5.75 Å². The molecule has 5 nitrogen and oxygen atoms in total. The van der Waals surface area contributed by atoms with E-state index < -0.39 is 0 Å². The molecule has 0 radical (unpaired) electrons. The van der Waals surface area contributed by atoms with Gasteiger partial charge in [0.05, 0.1) is 29.2 Å². The highest BCUT2D eigenvalue weighted by molar-refractivity contribution is 9.10. The maximum Gasteiger partial charge on any atom is 0.141 e. The second-order valence-electron chi connectivity index (χ2n) is 4.63. The lowest BCUT2D eigenvalue weighted by Gasteiger charge is -2.19. The lowest BCUT2D eigenvalue weighted by atomic mass is 10.0. The van der Waals surface area contributed by atoms with E-state index in [9.17, 15) is 0 Å². The van der Waals surface area contributed by atoms with Crippen molar-refractivity contribution in [1.29, 1.82) is 0 Å². The summed E-state index contributed by atoms with van der Waals surface area (Å²) >= 11 is 3.61. The van der Waals surface area contributed by atoms with Gasteiger partial charge >= 0.3 is 0 Å².